The average Bonchev–Trinajstić information content (AvgIpc) is 3.63. The van der Waals surface area contributed by atoms with E-state index in [9.17, 15) is 101 Å². The van der Waals surface area contributed by atoms with Crippen molar-refractivity contribution in [3.8, 4) is 0 Å². The molecular weight excluding hydrogens is 992 g/mol. The van der Waals surface area contributed by atoms with E-state index in [0.717, 1.165) is 13.8 Å². The third kappa shape index (κ3) is 14.5. The summed E-state index contributed by atoms with van der Waals surface area (Å²) >= 11 is 0. The van der Waals surface area contributed by atoms with Crippen LogP contribution in [0.4, 0.5) is 0 Å². The fourth-order valence-corrected chi connectivity index (χ4v) is 8.20. The van der Waals surface area contributed by atoms with Crippen molar-refractivity contribution in [2.75, 3.05) is 39.6 Å². The van der Waals surface area contributed by atoms with Gasteiger partial charge in [-0.25, -0.2) is 0 Å². The van der Waals surface area contributed by atoms with E-state index in [-0.39, 0.29) is 6.29 Å². The highest BCUT2D eigenvalue weighted by molar-refractivity contribution is 5.73. The van der Waals surface area contributed by atoms with Crippen LogP contribution in [-0.4, -0.2) is 326 Å². The summed E-state index contributed by atoms with van der Waals surface area (Å²) in [6.07, 6.45) is -43.7. The van der Waals surface area contributed by atoms with Gasteiger partial charge in [-0.05, 0) is 0 Å². The fraction of sp³-hybridized carbons (Fsp3) is 0.923. The van der Waals surface area contributed by atoms with Gasteiger partial charge in [0.1, 0.15) is 140 Å². The molecule has 0 radical (unpaired) electrons. The number of hydrogen-bond donors (Lipinski definition) is 21. The molecule has 5 rings (SSSR count). The Kier molecular flexibility index (Phi) is 24.2. The topological polar surface area (TPSA) is 543 Å². The molecule has 0 bridgehead atoms. The second kappa shape index (κ2) is 28.0. The molecule has 5 aliphatic heterocycles. The Morgan fingerprint density at radius 3 is 1.32 bits per heavy atom. The summed E-state index contributed by atoms with van der Waals surface area (Å²) in [5, 5.41) is 194. The van der Waals surface area contributed by atoms with Gasteiger partial charge in [-0.15, -0.1) is 0 Å². The first-order valence-electron chi connectivity index (χ1n) is 22.3. The number of amides is 2. The van der Waals surface area contributed by atoms with Crippen molar-refractivity contribution in [2.24, 2.45) is 0 Å². The van der Waals surface area contributed by atoms with Crippen LogP contribution in [0.25, 0.3) is 0 Å². The van der Waals surface area contributed by atoms with Gasteiger partial charge in [0.25, 0.3) is 0 Å². The Morgan fingerprint density at radius 1 is 0.486 bits per heavy atom. The third-order valence-corrected chi connectivity index (χ3v) is 12.2. The van der Waals surface area contributed by atoms with E-state index in [0.29, 0.717) is 0 Å². The van der Waals surface area contributed by atoms with Crippen LogP contribution < -0.4 is 10.6 Å². The highest BCUT2D eigenvalue weighted by atomic mass is 16.8. The van der Waals surface area contributed by atoms with Crippen LogP contribution in [0.1, 0.15) is 13.8 Å². The number of carbonyl (C=O) groups is 3. The summed E-state index contributed by atoms with van der Waals surface area (Å²) in [6, 6.07) is -2.87. The van der Waals surface area contributed by atoms with Crippen molar-refractivity contribution in [1.82, 2.24) is 10.6 Å². The molecule has 0 aromatic rings. The predicted molar refractivity (Wildman–Crippen MR) is 221 cm³/mol. The summed E-state index contributed by atoms with van der Waals surface area (Å²) in [5.74, 6) is -1.30. The number of rotatable bonds is 20. The number of ether oxygens (including phenoxy) is 9. The van der Waals surface area contributed by atoms with Crippen LogP contribution in [0.3, 0.4) is 0 Å². The minimum absolute atomic E-state index is 0.0662. The highest BCUT2D eigenvalue weighted by Gasteiger charge is 2.55. The Bertz CT molecular complexity index is 1660. The molecule has 33 nitrogen and oxygen atoms in total. The number of hydrogen-bond acceptors (Lipinski definition) is 31. The van der Waals surface area contributed by atoms with Crippen LogP contribution >= 0.6 is 0 Å². The van der Waals surface area contributed by atoms with Crippen molar-refractivity contribution in [3.63, 3.8) is 0 Å². The Balaban J connectivity index is 0.000000321. The normalized spacial score (nSPS) is 44.1. The zero-order valence-corrected chi connectivity index (χ0v) is 38.4. The maximum Gasteiger partial charge on any atom is 0.217 e. The molecule has 0 spiro atoms. The molecule has 5 aliphatic rings. The van der Waals surface area contributed by atoms with Gasteiger partial charge in [0.05, 0.1) is 39.6 Å². The van der Waals surface area contributed by atoms with Gasteiger partial charge in [0, 0.05) is 13.8 Å². The molecule has 5 saturated heterocycles. The molecule has 28 atom stereocenters. The van der Waals surface area contributed by atoms with E-state index in [1.165, 1.54) is 0 Å². The molecule has 2 amide bonds. The molecule has 33 heteroatoms. The van der Waals surface area contributed by atoms with Crippen molar-refractivity contribution in [1.29, 1.82) is 0 Å². The lowest BCUT2D eigenvalue weighted by molar-refractivity contribution is -0.360. The monoisotopic (exact) mass is 1060 g/mol. The van der Waals surface area contributed by atoms with Gasteiger partial charge < -0.3 is 155 Å². The number of aldehydes is 1. The summed E-state index contributed by atoms with van der Waals surface area (Å²) in [7, 11) is 0. The standard InChI is InChI=1S/C22H38N2O16.C17H30O15/c1-6(28)23-11-14(31)18(9(4-26)36-20(11)35)39-21-12(24-7(2)29)15(32)19(10(5-27)38-21)40-22-17(34)16(33)13(30)8(3-25)37-22;18-1-5(22)9(23)15(32-17-14(28)12(26)10(24)6(2-19)30-17)8(4-21)31-16-13(27)11(25)7(3-20)29-16/h8-22,25-27,30-35H,3-5H2,1-2H3,(H,23,28)(H,24,29);4-20,22-28H,1-3H2/t8-,9-,10-,11-,12-,13-,14-,15-,16+,17+,18-,19-,20-,21+,22+;5-,6-,7-,8-,9-,10-,11+,12+,13-,14+,15-,16+,17-/m11/s1. The first-order valence-corrected chi connectivity index (χ1v) is 22.3. The van der Waals surface area contributed by atoms with Crippen LogP contribution in [0.5, 0.6) is 0 Å². The van der Waals surface area contributed by atoms with Crippen molar-refractivity contribution in [3.05, 3.63) is 0 Å². The maximum atomic E-state index is 12.0. The quantitative estimate of drug-likeness (QED) is 0.0503. The van der Waals surface area contributed by atoms with E-state index in [4.69, 9.17) is 52.8 Å². The molecule has 0 saturated carbocycles. The smallest absolute Gasteiger partial charge is 0.217 e. The zero-order chi connectivity index (χ0) is 54.0. The number of aliphatic hydroxyl groups is 19. The van der Waals surface area contributed by atoms with E-state index < -0.39 is 223 Å². The zero-order valence-electron chi connectivity index (χ0n) is 38.4. The molecule has 0 aromatic carbocycles. The van der Waals surface area contributed by atoms with Gasteiger partial charge in [-0.2, -0.15) is 0 Å². The highest BCUT2D eigenvalue weighted by Crippen LogP contribution is 2.33. The summed E-state index contributed by atoms with van der Waals surface area (Å²) in [5.41, 5.74) is 0. The lowest BCUT2D eigenvalue weighted by Gasteiger charge is -2.49. The third-order valence-electron chi connectivity index (χ3n) is 12.2. The van der Waals surface area contributed by atoms with E-state index in [1.807, 2.05) is 0 Å². The van der Waals surface area contributed by atoms with Crippen molar-refractivity contribution < 1.29 is 154 Å². The second-order valence-electron chi connectivity index (χ2n) is 17.3. The molecule has 5 heterocycles. The van der Waals surface area contributed by atoms with Gasteiger partial charge in [0.15, 0.2) is 37.7 Å². The Hall–Kier alpha value is -2.51. The van der Waals surface area contributed by atoms with E-state index in [2.05, 4.69) is 10.6 Å². The predicted octanol–water partition coefficient (Wildman–Crippen LogP) is -14.4. The Labute approximate surface area is 407 Å². The van der Waals surface area contributed by atoms with Gasteiger partial charge in [0.2, 0.25) is 11.8 Å². The second-order valence-corrected chi connectivity index (χ2v) is 17.3. The molecule has 420 valence electrons. The van der Waals surface area contributed by atoms with Crippen LogP contribution in [0, 0.1) is 0 Å². The lowest BCUT2D eigenvalue weighted by atomic mass is 9.94. The lowest BCUT2D eigenvalue weighted by Crippen LogP contribution is -2.70. The first-order chi connectivity index (χ1) is 33.9. The summed E-state index contributed by atoms with van der Waals surface area (Å²) < 4.78 is 48.5. The summed E-state index contributed by atoms with van der Waals surface area (Å²) in [6.45, 7) is -2.60. The average molecular weight is 1060 g/mol. The SMILES string of the molecule is CC(=O)N[C@@H]1[C@@H](O)[C@H](O[C@@H]2O[C@H](CO)[C@@H](O[C@@H]3O[C@H](CO)[C@@H](O)[C@H](O)[C@@H]3O)[C@H](O)[C@H]2NC(C)=O)[C@@H](CO)O[C@H]1O.O=C[C@@H](O[C@@H]1O[C@H](CO)[C@H](O)[C@H]1O)[C@@H](O[C@H]1O[C@H](CO)[C@@H](O)[C@H](O)[C@@H]1O)[C@H](O)[C@H](O)CO. The molecule has 5 fully saturated rings. The van der Waals surface area contributed by atoms with Gasteiger partial charge in [-0.1, -0.05) is 0 Å². The molecule has 0 aliphatic carbocycles. The molecule has 0 unspecified atom stereocenters. The fourth-order valence-electron chi connectivity index (χ4n) is 8.20. The minimum atomic E-state index is -2.06. The molecule has 0 aromatic heterocycles. The molecule has 21 N–H and O–H groups in total. The maximum absolute atomic E-state index is 12.0. The minimum Gasteiger partial charge on any atom is -0.394 e. The van der Waals surface area contributed by atoms with Gasteiger partial charge >= 0.3 is 0 Å². The van der Waals surface area contributed by atoms with Crippen LogP contribution in [-0.2, 0) is 57.0 Å². The molecule has 72 heavy (non-hydrogen) atoms. The van der Waals surface area contributed by atoms with Crippen molar-refractivity contribution >= 4 is 18.1 Å². The van der Waals surface area contributed by atoms with Crippen LogP contribution in [0.2, 0.25) is 0 Å². The van der Waals surface area contributed by atoms with Gasteiger partial charge in [-0.3, -0.25) is 9.59 Å². The van der Waals surface area contributed by atoms with E-state index in [1.54, 1.807) is 0 Å². The number of carbonyl (C=O) groups excluding carboxylic acids is 3. The van der Waals surface area contributed by atoms with Crippen molar-refractivity contribution in [2.45, 2.75) is 186 Å². The summed E-state index contributed by atoms with van der Waals surface area (Å²) in [4.78, 5) is 35.2. The number of aliphatic hydroxyl groups excluding tert-OH is 19. The van der Waals surface area contributed by atoms with E-state index >= 15 is 0 Å². The molecular formula is C39H68N2O31. The van der Waals surface area contributed by atoms with Crippen LogP contribution in [0.15, 0.2) is 0 Å². The largest absolute Gasteiger partial charge is 0.394 e. The number of nitrogens with one attached hydrogen (secondary N) is 2. The first kappa shape index (κ1) is 62.0. The Morgan fingerprint density at radius 2 is 0.861 bits per heavy atom.